The van der Waals surface area contributed by atoms with Gasteiger partial charge in [0, 0.05) is 13.3 Å². The number of hydrogen-bond donors (Lipinski definition) is 2. The monoisotopic (exact) mass is 296 g/mol. The molecule has 1 rings (SSSR count). The lowest BCUT2D eigenvalue weighted by Crippen LogP contribution is -2.59. The fourth-order valence-electron chi connectivity index (χ4n) is 2.83. The number of aliphatic carboxylic acids is 1. The molecule has 0 saturated carbocycles. The summed E-state index contributed by atoms with van der Waals surface area (Å²) >= 11 is 0. The van der Waals surface area contributed by atoms with Crippen LogP contribution >= 0.6 is 0 Å². The highest BCUT2D eigenvalue weighted by molar-refractivity contribution is 5.81. The van der Waals surface area contributed by atoms with Crippen LogP contribution in [0.4, 0.5) is 0 Å². The van der Waals surface area contributed by atoms with Gasteiger partial charge in [-0.05, 0) is 6.42 Å². The fraction of sp³-hybridized carbons (Fsp3) is 0.750. The molecule has 5 heteroatoms. The van der Waals surface area contributed by atoms with Gasteiger partial charge in [0.15, 0.2) is 6.54 Å². The second kappa shape index (κ2) is 8.95. The van der Waals surface area contributed by atoms with Crippen LogP contribution in [0.3, 0.4) is 0 Å². The summed E-state index contributed by atoms with van der Waals surface area (Å²) in [4.78, 5) is 15.5. The van der Waals surface area contributed by atoms with Crippen LogP contribution in [0.1, 0.15) is 65.2 Å². The number of nitrogens with two attached hydrogens (primary N) is 1. The lowest BCUT2D eigenvalue weighted by atomic mass is 10.1. The number of carboxylic acid groups (broad SMARTS) is 1. The Labute approximate surface area is 128 Å². The summed E-state index contributed by atoms with van der Waals surface area (Å²) in [5, 5.41) is 9.14. The quantitative estimate of drug-likeness (QED) is 0.454. The van der Waals surface area contributed by atoms with E-state index in [2.05, 4.69) is 11.9 Å². The first-order chi connectivity index (χ1) is 10.0. The summed E-state index contributed by atoms with van der Waals surface area (Å²) in [7, 11) is 0. The molecule has 0 spiro atoms. The van der Waals surface area contributed by atoms with E-state index < -0.39 is 5.97 Å². The van der Waals surface area contributed by atoms with E-state index in [1.165, 1.54) is 38.5 Å². The Kier molecular flexibility index (Phi) is 7.61. The fourth-order valence-corrected chi connectivity index (χ4v) is 2.83. The highest BCUT2D eigenvalue weighted by atomic mass is 16.4. The van der Waals surface area contributed by atoms with Crippen molar-refractivity contribution < 1.29 is 14.4 Å². The molecule has 1 aliphatic rings. The molecule has 21 heavy (non-hydrogen) atoms. The van der Waals surface area contributed by atoms with Crippen molar-refractivity contribution in [1.82, 2.24) is 0 Å². The average molecular weight is 296 g/mol. The third-order valence-electron chi connectivity index (χ3n) is 4.16. The first-order valence-electron chi connectivity index (χ1n) is 8.12. The lowest BCUT2D eigenvalue weighted by molar-refractivity contribution is -0.805. The Balaban J connectivity index is 2.41. The van der Waals surface area contributed by atoms with E-state index >= 15 is 0 Å². The molecule has 5 nitrogen and oxygen atoms in total. The summed E-state index contributed by atoms with van der Waals surface area (Å²) in [6.07, 6.45) is 12.7. The molecular weight excluding hydrogens is 266 g/mol. The molecular formula is C16H30N3O2+. The molecule has 1 aliphatic heterocycles. The third kappa shape index (κ3) is 5.25. The van der Waals surface area contributed by atoms with E-state index in [0.29, 0.717) is 0 Å². The number of rotatable bonds is 11. The molecule has 0 aliphatic carbocycles. The van der Waals surface area contributed by atoms with Crippen molar-refractivity contribution in [3.8, 4) is 0 Å². The van der Waals surface area contributed by atoms with Crippen LogP contribution < -0.4 is 5.73 Å². The molecule has 2 atom stereocenters. The van der Waals surface area contributed by atoms with E-state index in [1.807, 2.05) is 13.1 Å². The van der Waals surface area contributed by atoms with Crippen LogP contribution in [-0.2, 0) is 4.79 Å². The van der Waals surface area contributed by atoms with E-state index in [0.717, 1.165) is 18.7 Å². The Morgan fingerprint density at radius 1 is 1.29 bits per heavy atom. The van der Waals surface area contributed by atoms with Gasteiger partial charge in [-0.1, -0.05) is 45.4 Å². The van der Waals surface area contributed by atoms with Gasteiger partial charge in [-0.3, -0.25) is 5.73 Å². The van der Waals surface area contributed by atoms with Crippen LogP contribution in [0.25, 0.3) is 0 Å². The van der Waals surface area contributed by atoms with E-state index in [4.69, 9.17) is 10.8 Å². The van der Waals surface area contributed by atoms with E-state index in [-0.39, 0.29) is 17.2 Å². The second-order valence-electron chi connectivity index (χ2n) is 5.94. The molecule has 0 aromatic heterocycles. The molecule has 0 aromatic rings. The summed E-state index contributed by atoms with van der Waals surface area (Å²) in [6, 6.07) is 0. The van der Waals surface area contributed by atoms with Crippen LogP contribution in [0.5, 0.6) is 0 Å². The van der Waals surface area contributed by atoms with Gasteiger partial charge in [0.1, 0.15) is 12.4 Å². The van der Waals surface area contributed by atoms with Crippen LogP contribution in [0, 0.1) is 0 Å². The first kappa shape index (κ1) is 17.9. The molecule has 0 fully saturated rings. The largest absolute Gasteiger partial charge is 0.477 e. The number of aliphatic imine (C=N–C) groups is 1. The smallest absolute Gasteiger partial charge is 0.360 e. The van der Waals surface area contributed by atoms with Crippen LogP contribution in [-0.4, -0.2) is 34.1 Å². The number of nitrogens with zero attached hydrogens (tertiary/aromatic N) is 2. The zero-order chi connectivity index (χ0) is 15.7. The predicted octanol–water partition coefficient (Wildman–Crippen LogP) is 3.22. The standard InChI is InChI=1S/C16H29N3O2/c1-3-4-5-6-7-8-9-10-15-18-11-12-19(15,14(2)17)13-16(20)21/h11-12,14H,3-10,13,17H2,1-2H3/p+1. The topological polar surface area (TPSA) is 75.7 Å². The molecule has 0 amide bonds. The van der Waals surface area contributed by atoms with Gasteiger partial charge in [-0.25, -0.2) is 14.3 Å². The highest BCUT2D eigenvalue weighted by Crippen LogP contribution is 2.23. The van der Waals surface area contributed by atoms with Crippen LogP contribution in [0.2, 0.25) is 0 Å². The molecule has 0 saturated heterocycles. The second-order valence-corrected chi connectivity index (χ2v) is 5.94. The minimum Gasteiger partial charge on any atom is -0.477 e. The zero-order valence-corrected chi connectivity index (χ0v) is 13.4. The number of amidine groups is 1. The van der Waals surface area contributed by atoms with Gasteiger partial charge in [-0.2, -0.15) is 0 Å². The summed E-state index contributed by atoms with van der Waals surface area (Å²) in [5.74, 6) is 0.0482. The van der Waals surface area contributed by atoms with E-state index in [1.54, 1.807) is 6.20 Å². The minimum atomic E-state index is -0.842. The highest BCUT2D eigenvalue weighted by Gasteiger charge is 2.40. The van der Waals surface area contributed by atoms with Crippen LogP contribution in [0.15, 0.2) is 17.4 Å². The number of hydrogen-bond acceptors (Lipinski definition) is 3. The molecule has 0 aromatic carbocycles. The summed E-state index contributed by atoms with van der Waals surface area (Å²) in [6.45, 7) is 4.04. The summed E-state index contributed by atoms with van der Waals surface area (Å²) in [5.41, 5.74) is 6.03. The molecule has 0 radical (unpaired) electrons. The normalized spacial score (nSPS) is 22.3. The van der Waals surface area contributed by atoms with Gasteiger partial charge in [-0.15, -0.1) is 0 Å². The third-order valence-corrected chi connectivity index (χ3v) is 4.16. The van der Waals surface area contributed by atoms with Gasteiger partial charge in [0.05, 0.1) is 6.20 Å². The number of quaternary nitrogens is 1. The van der Waals surface area contributed by atoms with E-state index in [9.17, 15) is 4.79 Å². The summed E-state index contributed by atoms with van der Waals surface area (Å²) < 4.78 is 0.172. The number of unbranched alkanes of at least 4 members (excludes halogenated alkanes) is 6. The maximum atomic E-state index is 11.1. The SMILES string of the molecule is CCCCCCCCCC1=NC=C[N+]1(CC(=O)O)C(C)N. The average Bonchev–Trinajstić information content (AvgIpc) is 2.81. The van der Waals surface area contributed by atoms with Crippen molar-refractivity contribution in [2.75, 3.05) is 6.54 Å². The zero-order valence-electron chi connectivity index (χ0n) is 13.4. The van der Waals surface area contributed by atoms with Crippen molar-refractivity contribution in [3.63, 3.8) is 0 Å². The number of carboxylic acids is 1. The predicted molar refractivity (Wildman–Crippen MR) is 85.6 cm³/mol. The Bertz CT molecular complexity index is 391. The first-order valence-corrected chi connectivity index (χ1v) is 8.12. The Hall–Kier alpha value is -1.20. The van der Waals surface area contributed by atoms with Gasteiger partial charge < -0.3 is 5.11 Å². The number of carbonyl (C=O) groups is 1. The maximum absolute atomic E-state index is 11.1. The van der Waals surface area contributed by atoms with Gasteiger partial charge in [0.25, 0.3) is 0 Å². The molecule has 2 unspecified atom stereocenters. The molecule has 3 N–H and O–H groups in total. The molecule has 1 heterocycles. The Morgan fingerprint density at radius 2 is 1.90 bits per heavy atom. The van der Waals surface area contributed by atoms with Crippen molar-refractivity contribution in [2.45, 2.75) is 71.4 Å². The van der Waals surface area contributed by atoms with Gasteiger partial charge >= 0.3 is 5.97 Å². The molecule has 120 valence electrons. The van der Waals surface area contributed by atoms with Crippen molar-refractivity contribution in [3.05, 3.63) is 12.4 Å². The van der Waals surface area contributed by atoms with Crippen molar-refractivity contribution >= 4 is 11.8 Å². The maximum Gasteiger partial charge on any atom is 0.360 e. The van der Waals surface area contributed by atoms with Gasteiger partial charge in [0.2, 0.25) is 5.84 Å². The molecule has 0 bridgehead atoms. The minimum absolute atomic E-state index is 0.0243. The lowest BCUT2D eigenvalue weighted by Gasteiger charge is -2.34. The van der Waals surface area contributed by atoms with Crippen molar-refractivity contribution in [1.29, 1.82) is 0 Å². The Morgan fingerprint density at radius 3 is 2.48 bits per heavy atom. The van der Waals surface area contributed by atoms with Crippen molar-refractivity contribution in [2.24, 2.45) is 10.7 Å².